The van der Waals surface area contributed by atoms with Gasteiger partial charge in [0.1, 0.15) is 29.2 Å². The highest BCUT2D eigenvalue weighted by molar-refractivity contribution is 7.53. The molecule has 0 aliphatic heterocycles. The van der Waals surface area contributed by atoms with Gasteiger partial charge in [-0.05, 0) is 151 Å². The number of ketones is 5. The zero-order valence-electron chi connectivity index (χ0n) is 67.7. The molecule has 1 unspecified atom stereocenters. The number of pyridine rings is 1. The monoisotopic (exact) mass is 1660 g/mol. The van der Waals surface area contributed by atoms with E-state index in [0.717, 1.165) is 24.5 Å². The van der Waals surface area contributed by atoms with Gasteiger partial charge in [-0.25, -0.2) is 4.79 Å². The summed E-state index contributed by atoms with van der Waals surface area (Å²) in [7, 11) is -4.70. The highest BCUT2D eigenvalue weighted by atomic mass is 31.2. The van der Waals surface area contributed by atoms with Crippen molar-refractivity contribution in [2.24, 2.45) is 17.1 Å². The molecular weight excluding hydrogens is 1540 g/mol. The van der Waals surface area contributed by atoms with Gasteiger partial charge in [0.2, 0.25) is 41.4 Å². The summed E-state index contributed by atoms with van der Waals surface area (Å²) in [5.74, 6) is -6.31. The van der Waals surface area contributed by atoms with Crippen LogP contribution in [0.5, 0.6) is 0 Å². The number of urea groups is 1. The maximum absolute atomic E-state index is 14.5. The zero-order valence-corrected chi connectivity index (χ0v) is 68.6. The van der Waals surface area contributed by atoms with E-state index in [1.807, 2.05) is 25.1 Å². The van der Waals surface area contributed by atoms with Gasteiger partial charge in [0.25, 0.3) is 0 Å². The van der Waals surface area contributed by atoms with Crippen molar-refractivity contribution in [3.8, 4) is 0 Å². The number of rotatable bonds is 65. The molecule has 34 heteroatoms. The molecule has 14 N–H and O–H groups in total. The van der Waals surface area contributed by atoms with Crippen LogP contribution in [0.25, 0.3) is 6.08 Å². The van der Waals surface area contributed by atoms with E-state index in [2.05, 4.69) is 47.5 Å². The number of hydrogen-bond donors (Lipinski definition) is 13. The molecule has 4 atom stereocenters. The number of carbonyl (C=O) groups excluding carboxylic acids is 13. The molecule has 0 bridgehead atoms. The molecule has 2 aromatic carbocycles. The first-order valence-corrected chi connectivity index (χ1v) is 42.2. The number of anilines is 2. The number of nitrogens with one attached hydrogen (secondary N) is 8. The number of benzene rings is 2. The summed E-state index contributed by atoms with van der Waals surface area (Å²) < 4.78 is 33.7. The number of carboxylic acids is 1. The quantitative estimate of drug-likeness (QED) is 0.0148. The molecule has 1 fully saturated rings. The Kier molecular flexibility index (Phi) is 48.6. The van der Waals surface area contributed by atoms with Crippen molar-refractivity contribution in [1.29, 1.82) is 0 Å². The average Bonchev–Trinajstić information content (AvgIpc) is 0.808. The fraction of sp³-hybridized carbons (Fsp3) is 0.602. The maximum Gasteiger partial charge on any atom is 0.356 e. The predicted octanol–water partition coefficient (Wildman–Crippen LogP) is 7.41. The van der Waals surface area contributed by atoms with Crippen LogP contribution in [0.3, 0.4) is 0 Å². The number of ether oxygens (including phenoxy) is 4. The number of nitrogens with zero attached hydrogens (tertiary/aromatic N) is 1. The largest absolute Gasteiger partial charge is 0.481 e. The fourth-order valence-corrected chi connectivity index (χ4v) is 13.3. The minimum atomic E-state index is -4.70. The molecule has 9 amide bonds. The van der Waals surface area contributed by atoms with Crippen molar-refractivity contribution in [2.75, 3.05) is 89.7 Å². The molecular formula is C83H123N10O23P. The molecule has 0 radical (unpaired) electrons. The van der Waals surface area contributed by atoms with Crippen LogP contribution in [0.2, 0.25) is 0 Å². The van der Waals surface area contributed by atoms with Crippen LogP contribution in [0.1, 0.15) is 216 Å². The van der Waals surface area contributed by atoms with E-state index in [1.165, 1.54) is 6.08 Å². The molecule has 0 spiro atoms. The molecule has 1 heterocycles. The molecule has 1 aliphatic rings. The van der Waals surface area contributed by atoms with Gasteiger partial charge in [-0.3, -0.25) is 71.9 Å². The van der Waals surface area contributed by atoms with E-state index in [1.54, 1.807) is 60.9 Å². The molecule has 33 nitrogen and oxygen atoms in total. The summed E-state index contributed by atoms with van der Waals surface area (Å²) in [6.45, 7) is 5.56. The number of hydrogen-bond acceptors (Lipinski definition) is 21. The van der Waals surface area contributed by atoms with Gasteiger partial charge in [-0.1, -0.05) is 62.1 Å². The highest BCUT2D eigenvalue weighted by Gasteiger charge is 2.43. The van der Waals surface area contributed by atoms with Crippen molar-refractivity contribution in [3.63, 3.8) is 0 Å². The Morgan fingerprint density at radius 1 is 0.564 bits per heavy atom. The number of para-hydroxylation sites is 1. The highest BCUT2D eigenvalue weighted by Crippen LogP contribution is 2.51. The van der Waals surface area contributed by atoms with E-state index in [9.17, 15) is 91.7 Å². The number of aryl methyl sites for hydroxylation is 1. The third kappa shape index (κ3) is 44.7. The van der Waals surface area contributed by atoms with Gasteiger partial charge in [-0.15, -0.1) is 0 Å². The van der Waals surface area contributed by atoms with Crippen LogP contribution in [-0.4, -0.2) is 204 Å². The van der Waals surface area contributed by atoms with Gasteiger partial charge in [0, 0.05) is 159 Å². The molecule has 1 saturated carbocycles. The zero-order chi connectivity index (χ0) is 85.7. The number of Topliss-reactive ketones (excluding diaryl/α,β-unsaturated/α-hetero) is 5. The molecule has 1 aromatic heterocycles. The molecule has 648 valence electrons. The maximum atomic E-state index is 14.5. The first-order valence-electron chi connectivity index (χ1n) is 40.6. The summed E-state index contributed by atoms with van der Waals surface area (Å²) in [5.41, 5.74) is 7.79. The lowest BCUT2D eigenvalue weighted by Gasteiger charge is -2.36. The Morgan fingerprint density at radius 2 is 1.13 bits per heavy atom. The number of carboxylic acid groups (broad SMARTS) is 1. The van der Waals surface area contributed by atoms with E-state index in [0.29, 0.717) is 87.6 Å². The van der Waals surface area contributed by atoms with E-state index >= 15 is 0 Å². The number of aliphatic carboxylic acids is 1. The number of primary amides is 1. The van der Waals surface area contributed by atoms with E-state index < -0.39 is 71.9 Å². The summed E-state index contributed by atoms with van der Waals surface area (Å²) in [4.78, 5) is 203. The van der Waals surface area contributed by atoms with Gasteiger partial charge in [0.15, 0.2) is 11.1 Å². The van der Waals surface area contributed by atoms with Crippen LogP contribution in [0, 0.1) is 18.3 Å². The van der Waals surface area contributed by atoms with Crippen LogP contribution in [-0.2, 0) is 92.3 Å². The molecule has 3 aromatic rings. The first kappa shape index (κ1) is 100. The summed E-state index contributed by atoms with van der Waals surface area (Å²) in [6, 6.07) is 15.1. The molecule has 117 heavy (non-hydrogen) atoms. The van der Waals surface area contributed by atoms with Crippen molar-refractivity contribution >= 4 is 107 Å². The lowest BCUT2D eigenvalue weighted by atomic mass is 9.69. The van der Waals surface area contributed by atoms with Crippen molar-refractivity contribution in [1.82, 2.24) is 36.9 Å². The molecule has 4 rings (SSSR count). The van der Waals surface area contributed by atoms with Crippen LogP contribution < -0.4 is 48.3 Å². The summed E-state index contributed by atoms with van der Waals surface area (Å²) in [6.07, 6.45) is 12.3. The second kappa shape index (κ2) is 56.9. The second-order valence-electron chi connectivity index (χ2n) is 29.7. The van der Waals surface area contributed by atoms with Gasteiger partial charge >= 0.3 is 19.6 Å². The van der Waals surface area contributed by atoms with Gasteiger partial charge in [-0.2, -0.15) is 0 Å². The van der Waals surface area contributed by atoms with Gasteiger partial charge in [0.05, 0.1) is 51.1 Å². The fourth-order valence-electron chi connectivity index (χ4n) is 12.8. The molecule has 0 saturated heterocycles. The Hall–Kier alpha value is -9.34. The minimum Gasteiger partial charge on any atom is -0.481 e. The Bertz CT molecular complexity index is 3720. The number of nitrogens with two attached hydrogens (primary N) is 1. The smallest absolute Gasteiger partial charge is 0.356 e. The lowest BCUT2D eigenvalue weighted by molar-refractivity contribution is -0.140. The topological polar surface area (TPSA) is 509 Å². The third-order valence-corrected chi connectivity index (χ3v) is 21.2. The van der Waals surface area contributed by atoms with Crippen molar-refractivity contribution in [2.45, 2.75) is 230 Å². The van der Waals surface area contributed by atoms with Crippen LogP contribution in [0.4, 0.5) is 16.2 Å². The molecule has 1 aliphatic carbocycles. The SMILES string of the molecule is Cc1ccccc1NC(=O)Nc1ccc(CC(=O)C[C@@H](CCCCNC(=O)/C=C/c2cccnc2)C(=O)N[C@@H](CCCC(=O)O)C(=O)CC2(C(=O)NCCOCCOCCCC(=O)CCC(=O)NCCOCCOCCCC(=O)CCC(=O)N[C@@H](CCCCNC(=O)CCC(=O)CCCCC(C)(O)P(=O)(O)O)C(N)=O)CCCCC2)cc1. The van der Waals surface area contributed by atoms with E-state index in [4.69, 9.17) is 24.7 Å². The minimum absolute atomic E-state index is 0.00709. The first-order chi connectivity index (χ1) is 55.9. The Labute approximate surface area is 684 Å². The van der Waals surface area contributed by atoms with Crippen molar-refractivity contribution < 1.29 is 111 Å². The number of aromatic nitrogens is 1. The van der Waals surface area contributed by atoms with Gasteiger partial charge < -0.3 is 87.2 Å². The van der Waals surface area contributed by atoms with Crippen LogP contribution >= 0.6 is 7.60 Å². The normalized spacial score (nSPS) is 13.8. The number of amides is 9. The second-order valence-corrected chi connectivity index (χ2v) is 31.7. The summed E-state index contributed by atoms with van der Waals surface area (Å²) >= 11 is 0. The standard InChI is InChI=1S/C83H123N10O23P/c1-60-18-4-5-24-69(60)93-81(108)90-64-31-28-61(29-32-64)56-68(97)57-63(20-7-12-44-86-73(99)36-30-62-19-15-43-85-59-62)79(106)92-70(26-14-27-77(103)104)72(98)58-83(41-9-3-10-42-83)80(107)89-47-51-116-55-53-114-48-16-22-66(95)34-38-75(101)88-46-50-115-54-52-113-49-17-23-67(96)35-39-76(102)91-71(78(84)105)25-8-13-45-87-74(100)37-33-65(94)21-6-11-40-82(2,109)117(110,111)112/h4-5,15,18-19,24,28-32,36,43,59,63,70-71,109H,3,6-14,16-17,20-23,25-27,33-35,37-42,44-58H2,1-2H3,(H2,84,105)(H,86,99)(H,87,100)(H,88,101)(H,89,107)(H,91,102)(H,92,106)(H,103,104)(H2,90,93,108)(H2,110,111,112)/b36-30+/t63-,70+,71+,82?/m1/s1. The average molecular weight is 1660 g/mol. The Morgan fingerprint density at radius 3 is 1.72 bits per heavy atom. The number of aliphatic hydroxyl groups is 1. The van der Waals surface area contributed by atoms with Crippen molar-refractivity contribution in [3.05, 3.63) is 95.8 Å². The van der Waals surface area contributed by atoms with Crippen LogP contribution in [0.15, 0.2) is 79.1 Å². The third-order valence-electron chi connectivity index (χ3n) is 19.8. The predicted molar refractivity (Wildman–Crippen MR) is 435 cm³/mol. The number of unbranched alkanes of at least 4 members (excludes halogenated alkanes) is 3. The lowest BCUT2D eigenvalue weighted by Crippen LogP contribution is -2.49. The Balaban J connectivity index is 1.06. The number of carbonyl (C=O) groups is 14. The van der Waals surface area contributed by atoms with E-state index in [-0.39, 0.29) is 248 Å². The summed E-state index contributed by atoms with van der Waals surface area (Å²) in [5, 5.41) is 39.5.